The Morgan fingerprint density at radius 2 is 1.84 bits per heavy atom. The molecule has 0 unspecified atom stereocenters. The maximum absolute atomic E-state index is 13.7. The average Bonchev–Trinajstić information content (AvgIpc) is 3.32. The van der Waals surface area contributed by atoms with Gasteiger partial charge in [-0.1, -0.05) is 0 Å². The zero-order valence-electron chi connectivity index (χ0n) is 17.8. The molecule has 1 saturated heterocycles. The standard InChI is InChI=1S/C22H27F2N5O2/c1-14(2)25-20(30)13-27-8-10-28(11-9-27)22(31)21-16-4-3-5-19(16)29(26-21)15-6-7-17(23)18(24)12-15/h6-7,12,14H,3-5,8-11,13H2,1-2H3,(H,25,30). The van der Waals surface area contributed by atoms with Crippen molar-refractivity contribution in [3.8, 4) is 5.69 Å². The molecule has 0 saturated carbocycles. The number of benzene rings is 1. The van der Waals surface area contributed by atoms with Crippen LogP contribution in [-0.4, -0.2) is 70.2 Å². The molecule has 2 aliphatic rings. The van der Waals surface area contributed by atoms with E-state index in [1.54, 1.807) is 9.58 Å². The van der Waals surface area contributed by atoms with Gasteiger partial charge in [-0.3, -0.25) is 14.5 Å². The third-order valence-electron chi connectivity index (χ3n) is 5.76. The molecule has 0 radical (unpaired) electrons. The molecule has 1 fully saturated rings. The summed E-state index contributed by atoms with van der Waals surface area (Å²) in [5.74, 6) is -2.02. The molecule has 1 aromatic heterocycles. The van der Waals surface area contributed by atoms with E-state index in [4.69, 9.17) is 0 Å². The number of piperazine rings is 1. The molecular formula is C22H27F2N5O2. The second kappa shape index (κ2) is 8.74. The second-order valence-electron chi connectivity index (χ2n) is 8.43. The molecule has 2 aromatic rings. The van der Waals surface area contributed by atoms with E-state index >= 15 is 0 Å². The number of rotatable bonds is 5. The molecule has 1 aliphatic carbocycles. The van der Waals surface area contributed by atoms with Crippen LogP contribution < -0.4 is 5.32 Å². The molecule has 1 aliphatic heterocycles. The molecule has 0 bridgehead atoms. The Hall–Kier alpha value is -2.81. The molecule has 1 N–H and O–H groups in total. The minimum atomic E-state index is -0.940. The van der Waals surface area contributed by atoms with Gasteiger partial charge in [-0.25, -0.2) is 13.5 Å². The first-order valence-corrected chi connectivity index (χ1v) is 10.7. The number of nitrogens with zero attached hydrogens (tertiary/aromatic N) is 4. The van der Waals surface area contributed by atoms with Crippen molar-refractivity contribution in [2.45, 2.75) is 39.2 Å². The van der Waals surface area contributed by atoms with Crippen LogP contribution in [0.25, 0.3) is 5.69 Å². The third-order valence-corrected chi connectivity index (χ3v) is 5.76. The van der Waals surface area contributed by atoms with Crippen molar-refractivity contribution in [1.82, 2.24) is 24.9 Å². The summed E-state index contributed by atoms with van der Waals surface area (Å²) in [6.07, 6.45) is 2.39. The number of nitrogens with one attached hydrogen (secondary N) is 1. The highest BCUT2D eigenvalue weighted by Gasteiger charge is 2.31. The monoisotopic (exact) mass is 431 g/mol. The Kier molecular flexibility index (Phi) is 6.04. The van der Waals surface area contributed by atoms with Gasteiger partial charge in [0.25, 0.3) is 5.91 Å². The highest BCUT2D eigenvalue weighted by Crippen LogP contribution is 2.29. The number of aromatic nitrogens is 2. The molecule has 2 heterocycles. The fraction of sp³-hybridized carbons (Fsp3) is 0.500. The normalized spacial score (nSPS) is 16.6. The molecule has 7 nitrogen and oxygen atoms in total. The van der Waals surface area contributed by atoms with E-state index in [1.807, 2.05) is 18.7 Å². The topological polar surface area (TPSA) is 70.5 Å². The number of halogens is 2. The minimum Gasteiger partial charge on any atom is -0.353 e. The SMILES string of the molecule is CC(C)NC(=O)CN1CCN(C(=O)c2nn(-c3ccc(F)c(F)c3)c3c2CCC3)CC1. The number of carbonyl (C=O) groups is 2. The first-order chi connectivity index (χ1) is 14.8. The lowest BCUT2D eigenvalue weighted by Gasteiger charge is -2.34. The van der Waals surface area contributed by atoms with Gasteiger partial charge in [0.15, 0.2) is 17.3 Å². The molecule has 9 heteroatoms. The van der Waals surface area contributed by atoms with Crippen molar-refractivity contribution in [3.63, 3.8) is 0 Å². The lowest BCUT2D eigenvalue weighted by Crippen LogP contribution is -2.51. The van der Waals surface area contributed by atoms with E-state index in [-0.39, 0.29) is 17.9 Å². The van der Waals surface area contributed by atoms with Crippen LogP contribution in [0.5, 0.6) is 0 Å². The maximum atomic E-state index is 13.7. The van der Waals surface area contributed by atoms with Gasteiger partial charge >= 0.3 is 0 Å². The predicted octanol–water partition coefficient (Wildman–Crippen LogP) is 1.92. The van der Waals surface area contributed by atoms with Gasteiger partial charge < -0.3 is 10.2 Å². The van der Waals surface area contributed by atoms with Crippen LogP contribution in [-0.2, 0) is 17.6 Å². The lowest BCUT2D eigenvalue weighted by molar-refractivity contribution is -0.123. The summed E-state index contributed by atoms with van der Waals surface area (Å²) in [6, 6.07) is 3.75. The second-order valence-corrected chi connectivity index (χ2v) is 8.43. The van der Waals surface area contributed by atoms with E-state index in [0.717, 1.165) is 42.7 Å². The molecule has 4 rings (SSSR count). The fourth-order valence-electron chi connectivity index (χ4n) is 4.27. The van der Waals surface area contributed by atoms with Crippen molar-refractivity contribution >= 4 is 11.8 Å². The zero-order valence-corrected chi connectivity index (χ0v) is 17.8. The van der Waals surface area contributed by atoms with E-state index < -0.39 is 11.6 Å². The van der Waals surface area contributed by atoms with Gasteiger partial charge in [0, 0.05) is 49.5 Å². The Bertz CT molecular complexity index is 996. The number of hydrogen-bond donors (Lipinski definition) is 1. The van der Waals surface area contributed by atoms with E-state index in [2.05, 4.69) is 10.4 Å². The lowest BCUT2D eigenvalue weighted by atomic mass is 10.1. The van der Waals surface area contributed by atoms with Crippen LogP contribution in [0, 0.1) is 11.6 Å². The summed E-state index contributed by atoms with van der Waals surface area (Å²) >= 11 is 0. The predicted molar refractivity (Wildman–Crippen MR) is 111 cm³/mol. The minimum absolute atomic E-state index is 0.0159. The van der Waals surface area contributed by atoms with Crippen LogP contribution in [0.2, 0.25) is 0 Å². The molecule has 2 amide bonds. The smallest absolute Gasteiger partial charge is 0.274 e. The zero-order chi connectivity index (χ0) is 22.1. The quantitative estimate of drug-likeness (QED) is 0.786. The summed E-state index contributed by atoms with van der Waals surface area (Å²) in [5.41, 5.74) is 2.59. The molecular weight excluding hydrogens is 404 g/mol. The van der Waals surface area contributed by atoms with Crippen molar-refractivity contribution in [2.75, 3.05) is 32.7 Å². The van der Waals surface area contributed by atoms with E-state index in [0.29, 0.717) is 44.1 Å². The van der Waals surface area contributed by atoms with Crippen LogP contribution in [0.3, 0.4) is 0 Å². The van der Waals surface area contributed by atoms with Gasteiger partial charge in [-0.05, 0) is 45.2 Å². The maximum Gasteiger partial charge on any atom is 0.274 e. The van der Waals surface area contributed by atoms with Crippen LogP contribution in [0.1, 0.15) is 42.0 Å². The third kappa shape index (κ3) is 4.46. The fourth-order valence-corrected chi connectivity index (χ4v) is 4.27. The highest BCUT2D eigenvalue weighted by atomic mass is 19.2. The summed E-state index contributed by atoms with van der Waals surface area (Å²) in [6.45, 7) is 6.42. The number of amides is 2. The van der Waals surface area contributed by atoms with Crippen LogP contribution >= 0.6 is 0 Å². The average molecular weight is 431 g/mol. The van der Waals surface area contributed by atoms with E-state index in [9.17, 15) is 18.4 Å². The van der Waals surface area contributed by atoms with Crippen molar-refractivity contribution in [3.05, 3.63) is 46.8 Å². The molecule has 0 atom stereocenters. The first-order valence-electron chi connectivity index (χ1n) is 10.7. The van der Waals surface area contributed by atoms with Crippen molar-refractivity contribution in [2.24, 2.45) is 0 Å². The van der Waals surface area contributed by atoms with E-state index in [1.165, 1.54) is 6.07 Å². The summed E-state index contributed by atoms with van der Waals surface area (Å²) in [7, 11) is 0. The largest absolute Gasteiger partial charge is 0.353 e. The number of carbonyl (C=O) groups excluding carboxylic acids is 2. The van der Waals surface area contributed by atoms with Gasteiger partial charge in [0.05, 0.1) is 12.2 Å². The summed E-state index contributed by atoms with van der Waals surface area (Å²) in [4.78, 5) is 29.0. The summed E-state index contributed by atoms with van der Waals surface area (Å²) < 4.78 is 28.7. The Labute approximate surface area is 180 Å². The molecule has 166 valence electrons. The number of fused-ring (bicyclic) bond motifs is 1. The highest BCUT2D eigenvalue weighted by molar-refractivity contribution is 5.94. The number of hydrogen-bond acceptors (Lipinski definition) is 4. The van der Waals surface area contributed by atoms with Crippen LogP contribution in [0.4, 0.5) is 8.78 Å². The van der Waals surface area contributed by atoms with Gasteiger partial charge in [-0.2, -0.15) is 5.10 Å². The summed E-state index contributed by atoms with van der Waals surface area (Å²) in [5, 5.41) is 7.39. The molecule has 31 heavy (non-hydrogen) atoms. The van der Waals surface area contributed by atoms with Gasteiger partial charge in [0.2, 0.25) is 5.91 Å². The van der Waals surface area contributed by atoms with Crippen LogP contribution in [0.15, 0.2) is 18.2 Å². The molecule has 1 aromatic carbocycles. The Morgan fingerprint density at radius 3 is 2.52 bits per heavy atom. The Morgan fingerprint density at radius 1 is 1.10 bits per heavy atom. The van der Waals surface area contributed by atoms with Gasteiger partial charge in [-0.15, -0.1) is 0 Å². The molecule has 0 spiro atoms. The Balaban J connectivity index is 1.47. The van der Waals surface area contributed by atoms with Gasteiger partial charge in [0.1, 0.15) is 0 Å². The van der Waals surface area contributed by atoms with Crippen molar-refractivity contribution in [1.29, 1.82) is 0 Å². The van der Waals surface area contributed by atoms with Crippen molar-refractivity contribution < 1.29 is 18.4 Å². The first kappa shape index (κ1) is 21.4.